The van der Waals surface area contributed by atoms with Crippen LogP contribution < -0.4 is 0 Å². The standard InChI is InChI=1S/C29H30O13/c1-18(31)25(34)42-29(38)22-13-5-4-12-21(22)28(37)41-24(33)15-7-6-14-23(32)40-27(36)20-11-3-2-10-19(20)26(35)39-17-9-8-16-30/h2-5,10-13,18,30-31H,6-9,14-17H2,1H3. The van der Waals surface area contributed by atoms with E-state index in [2.05, 4.69) is 4.74 Å². The maximum absolute atomic E-state index is 12.5. The van der Waals surface area contributed by atoms with Gasteiger partial charge in [-0.25, -0.2) is 24.0 Å². The predicted molar refractivity (Wildman–Crippen MR) is 141 cm³/mol. The number of carbonyl (C=O) groups is 7. The molecule has 13 nitrogen and oxygen atoms in total. The smallest absolute Gasteiger partial charge is 0.346 e. The van der Waals surface area contributed by atoms with Gasteiger partial charge in [-0.05, 0) is 56.9 Å². The van der Waals surface area contributed by atoms with Crippen LogP contribution in [0.4, 0.5) is 0 Å². The normalized spacial score (nSPS) is 11.1. The fourth-order valence-electron chi connectivity index (χ4n) is 3.32. The molecule has 1 unspecified atom stereocenters. The van der Waals surface area contributed by atoms with Crippen molar-refractivity contribution in [2.75, 3.05) is 13.2 Å². The minimum absolute atomic E-state index is 0.0414. The fraction of sp³-hybridized carbons (Fsp3) is 0.345. The molecule has 0 heterocycles. The average molecular weight is 587 g/mol. The molecule has 0 aliphatic carbocycles. The maximum Gasteiger partial charge on any atom is 0.346 e. The molecule has 0 spiro atoms. The van der Waals surface area contributed by atoms with E-state index in [1.165, 1.54) is 48.5 Å². The molecule has 2 N–H and O–H groups in total. The van der Waals surface area contributed by atoms with Gasteiger partial charge in [0.05, 0.1) is 28.9 Å². The van der Waals surface area contributed by atoms with Crippen LogP contribution in [0.5, 0.6) is 0 Å². The van der Waals surface area contributed by atoms with Crippen LogP contribution in [0, 0.1) is 0 Å². The number of hydrogen-bond donors (Lipinski definition) is 2. The van der Waals surface area contributed by atoms with Crippen LogP contribution in [0.25, 0.3) is 0 Å². The van der Waals surface area contributed by atoms with E-state index in [0.29, 0.717) is 12.8 Å². The first-order valence-corrected chi connectivity index (χ1v) is 12.9. The van der Waals surface area contributed by atoms with Gasteiger partial charge in [-0.2, -0.15) is 0 Å². The van der Waals surface area contributed by atoms with Crippen LogP contribution in [0.1, 0.15) is 86.9 Å². The number of carbonyl (C=O) groups excluding carboxylic acids is 7. The van der Waals surface area contributed by atoms with E-state index in [9.17, 15) is 38.7 Å². The monoisotopic (exact) mass is 586 g/mol. The van der Waals surface area contributed by atoms with Crippen molar-refractivity contribution >= 4 is 41.8 Å². The van der Waals surface area contributed by atoms with Crippen LogP contribution >= 0.6 is 0 Å². The van der Waals surface area contributed by atoms with Crippen LogP contribution in [0.2, 0.25) is 0 Å². The molecule has 42 heavy (non-hydrogen) atoms. The van der Waals surface area contributed by atoms with Gasteiger partial charge in [0.25, 0.3) is 0 Å². The van der Waals surface area contributed by atoms with Crippen molar-refractivity contribution < 1.29 is 62.7 Å². The number of ether oxygens (including phenoxy) is 4. The first-order valence-electron chi connectivity index (χ1n) is 12.9. The SMILES string of the molecule is CC(O)C(=O)OC(=O)c1ccccc1C(=O)OC(=O)CCCCC(=O)OC(=O)c1ccccc1C(=O)OCCCCO. The summed E-state index contributed by atoms with van der Waals surface area (Å²) >= 11 is 0. The summed E-state index contributed by atoms with van der Waals surface area (Å²) in [7, 11) is 0. The second-order valence-corrected chi connectivity index (χ2v) is 8.77. The highest BCUT2D eigenvalue weighted by Gasteiger charge is 2.25. The second kappa shape index (κ2) is 17.1. The number of aliphatic hydroxyl groups is 2. The van der Waals surface area contributed by atoms with E-state index in [-0.39, 0.29) is 61.2 Å². The fourth-order valence-corrected chi connectivity index (χ4v) is 3.32. The molecule has 0 saturated carbocycles. The van der Waals surface area contributed by atoms with Crippen molar-refractivity contribution in [1.82, 2.24) is 0 Å². The molecule has 0 aliphatic rings. The molecule has 0 amide bonds. The highest BCUT2D eigenvalue weighted by atomic mass is 16.6. The van der Waals surface area contributed by atoms with Crippen molar-refractivity contribution in [3.8, 4) is 0 Å². The Morgan fingerprint density at radius 3 is 1.43 bits per heavy atom. The Bertz CT molecular complexity index is 1310. The third-order valence-corrected chi connectivity index (χ3v) is 5.48. The lowest BCUT2D eigenvalue weighted by molar-refractivity contribution is -0.146. The summed E-state index contributed by atoms with van der Waals surface area (Å²) in [6.07, 6.45) is -1.06. The zero-order chi connectivity index (χ0) is 31.1. The number of hydrogen-bond acceptors (Lipinski definition) is 13. The number of aliphatic hydroxyl groups excluding tert-OH is 2. The first-order chi connectivity index (χ1) is 20.0. The van der Waals surface area contributed by atoms with Gasteiger partial charge in [0.1, 0.15) is 6.10 Å². The minimum Gasteiger partial charge on any atom is -0.462 e. The van der Waals surface area contributed by atoms with Gasteiger partial charge in [-0.15, -0.1) is 0 Å². The molecule has 0 bridgehead atoms. The van der Waals surface area contributed by atoms with Gasteiger partial charge < -0.3 is 29.2 Å². The van der Waals surface area contributed by atoms with E-state index >= 15 is 0 Å². The lowest BCUT2D eigenvalue weighted by Gasteiger charge is -2.09. The molecule has 0 fully saturated rings. The van der Waals surface area contributed by atoms with Crippen molar-refractivity contribution in [3.63, 3.8) is 0 Å². The van der Waals surface area contributed by atoms with Gasteiger partial charge in [0, 0.05) is 19.4 Å². The van der Waals surface area contributed by atoms with E-state index in [1.807, 2.05) is 0 Å². The Morgan fingerprint density at radius 2 is 1.02 bits per heavy atom. The zero-order valence-corrected chi connectivity index (χ0v) is 22.7. The molecular weight excluding hydrogens is 556 g/mol. The summed E-state index contributed by atoms with van der Waals surface area (Å²) in [5.41, 5.74) is -0.950. The average Bonchev–Trinajstić information content (AvgIpc) is 2.97. The third-order valence-electron chi connectivity index (χ3n) is 5.48. The Labute approximate surface area is 240 Å². The van der Waals surface area contributed by atoms with Crippen LogP contribution in [0.3, 0.4) is 0 Å². The van der Waals surface area contributed by atoms with Gasteiger partial charge in [-0.1, -0.05) is 24.3 Å². The molecule has 0 radical (unpaired) electrons. The quantitative estimate of drug-likeness (QED) is 0.142. The highest BCUT2D eigenvalue weighted by molar-refractivity contribution is 6.08. The molecule has 0 aliphatic heterocycles. The third kappa shape index (κ3) is 10.7. The molecule has 1 atom stereocenters. The summed E-state index contributed by atoms with van der Waals surface area (Å²) in [6.45, 7) is 1.08. The van der Waals surface area contributed by atoms with Crippen LogP contribution in [-0.4, -0.2) is 71.3 Å². The summed E-state index contributed by atoms with van der Waals surface area (Å²) in [5, 5.41) is 18.0. The molecule has 224 valence electrons. The molecule has 0 aromatic heterocycles. The van der Waals surface area contributed by atoms with Crippen molar-refractivity contribution in [3.05, 3.63) is 70.8 Å². The number of rotatable bonds is 14. The van der Waals surface area contributed by atoms with Gasteiger partial charge in [-0.3, -0.25) is 9.59 Å². The van der Waals surface area contributed by atoms with E-state index in [4.69, 9.17) is 19.3 Å². The van der Waals surface area contributed by atoms with E-state index < -0.39 is 47.9 Å². The largest absolute Gasteiger partial charge is 0.462 e. The van der Waals surface area contributed by atoms with Gasteiger partial charge in [0.15, 0.2) is 0 Å². The maximum atomic E-state index is 12.5. The van der Waals surface area contributed by atoms with Crippen molar-refractivity contribution in [1.29, 1.82) is 0 Å². The van der Waals surface area contributed by atoms with E-state index in [1.54, 1.807) is 0 Å². The Morgan fingerprint density at radius 1 is 0.619 bits per heavy atom. The van der Waals surface area contributed by atoms with Crippen molar-refractivity contribution in [2.24, 2.45) is 0 Å². The molecule has 2 aromatic rings. The Balaban J connectivity index is 1.82. The summed E-state index contributed by atoms with van der Waals surface area (Å²) in [5.74, 6) is -7.32. The molecular formula is C29H30O13. The number of benzene rings is 2. The molecule has 13 heteroatoms. The first kappa shape index (κ1) is 33.5. The lowest BCUT2D eigenvalue weighted by Crippen LogP contribution is -2.24. The highest BCUT2D eigenvalue weighted by Crippen LogP contribution is 2.15. The van der Waals surface area contributed by atoms with Crippen molar-refractivity contribution in [2.45, 2.75) is 51.6 Å². The molecule has 2 aromatic carbocycles. The molecule has 2 rings (SSSR count). The zero-order valence-electron chi connectivity index (χ0n) is 22.7. The van der Waals surface area contributed by atoms with E-state index in [0.717, 1.165) is 6.92 Å². The minimum atomic E-state index is -1.57. The van der Waals surface area contributed by atoms with Gasteiger partial charge in [0.2, 0.25) is 0 Å². The Kier molecular flexibility index (Phi) is 13.7. The molecule has 0 saturated heterocycles. The summed E-state index contributed by atoms with van der Waals surface area (Å²) in [6, 6.07) is 10.8. The van der Waals surface area contributed by atoms with Gasteiger partial charge >= 0.3 is 41.8 Å². The Hall–Kier alpha value is -4.75. The second-order valence-electron chi connectivity index (χ2n) is 8.77. The topological polar surface area (TPSA) is 197 Å². The summed E-state index contributed by atoms with van der Waals surface area (Å²) in [4.78, 5) is 85.1. The predicted octanol–water partition coefficient (Wildman–Crippen LogP) is 2.31. The van der Waals surface area contributed by atoms with Crippen LogP contribution in [0.15, 0.2) is 48.5 Å². The summed E-state index contributed by atoms with van der Waals surface area (Å²) < 4.78 is 19.1. The number of unbranched alkanes of at least 4 members (excludes halogenated alkanes) is 2. The van der Waals surface area contributed by atoms with Crippen LogP contribution in [-0.2, 0) is 33.3 Å². The lowest BCUT2D eigenvalue weighted by atomic mass is 10.1. The number of esters is 7.